The first-order chi connectivity index (χ1) is 13.9. The van der Waals surface area contributed by atoms with E-state index >= 15 is 0 Å². The van der Waals surface area contributed by atoms with Crippen LogP contribution in [0.1, 0.15) is 22.8 Å². The van der Waals surface area contributed by atoms with E-state index in [4.69, 9.17) is 21.1 Å². The van der Waals surface area contributed by atoms with Gasteiger partial charge < -0.3 is 14.4 Å². The number of halogens is 3. The van der Waals surface area contributed by atoms with E-state index < -0.39 is 0 Å². The minimum atomic E-state index is -0.303. The number of carbonyl (C=O) groups is 1. The summed E-state index contributed by atoms with van der Waals surface area (Å²) in [6.07, 6.45) is 0. The molecule has 2 aromatic rings. The van der Waals surface area contributed by atoms with Crippen molar-refractivity contribution < 1.29 is 18.7 Å². The van der Waals surface area contributed by atoms with Crippen LogP contribution in [0, 0.1) is 5.82 Å². The number of ether oxygens (including phenoxy) is 2. The van der Waals surface area contributed by atoms with E-state index in [1.54, 1.807) is 36.3 Å². The number of hydrogen-bond acceptors (Lipinski definition) is 4. The summed E-state index contributed by atoms with van der Waals surface area (Å²) in [5, 5.41) is 0.426. The van der Waals surface area contributed by atoms with E-state index in [-0.39, 0.29) is 11.7 Å². The minimum Gasteiger partial charge on any atom is -0.493 e. The lowest BCUT2D eigenvalue weighted by molar-refractivity contribution is 0.0626. The Morgan fingerprint density at radius 3 is 2.59 bits per heavy atom. The second-order valence-electron chi connectivity index (χ2n) is 6.69. The number of rotatable bonds is 6. The highest BCUT2D eigenvalue weighted by atomic mass is 79.9. The van der Waals surface area contributed by atoms with Gasteiger partial charge in [-0.2, -0.15) is 0 Å². The van der Waals surface area contributed by atoms with Crippen molar-refractivity contribution in [1.82, 2.24) is 9.80 Å². The molecule has 0 radical (unpaired) electrons. The van der Waals surface area contributed by atoms with Crippen molar-refractivity contribution in [3.8, 4) is 11.5 Å². The van der Waals surface area contributed by atoms with Crippen LogP contribution >= 0.6 is 27.5 Å². The average molecular weight is 486 g/mol. The number of carbonyl (C=O) groups excluding carboxylic acids is 1. The summed E-state index contributed by atoms with van der Waals surface area (Å²) in [6, 6.07) is 8.15. The summed E-state index contributed by atoms with van der Waals surface area (Å²) in [7, 11) is 1.55. The first-order valence-electron chi connectivity index (χ1n) is 9.39. The molecule has 0 unspecified atom stereocenters. The van der Waals surface area contributed by atoms with Crippen molar-refractivity contribution in [2.75, 3.05) is 39.9 Å². The van der Waals surface area contributed by atoms with E-state index in [0.29, 0.717) is 71.5 Å². The van der Waals surface area contributed by atoms with Gasteiger partial charge in [-0.1, -0.05) is 17.7 Å². The third kappa shape index (κ3) is 5.02. The molecule has 1 fully saturated rings. The molecule has 2 aromatic carbocycles. The first kappa shape index (κ1) is 21.9. The molecule has 0 aromatic heterocycles. The SMILES string of the molecule is CCOc1c(Br)cc(C(=O)N2CCN(Cc3c(F)cccc3Cl)CC2)cc1OC. The minimum absolute atomic E-state index is 0.0735. The second kappa shape index (κ2) is 9.78. The van der Waals surface area contributed by atoms with Crippen LogP contribution in [0.25, 0.3) is 0 Å². The summed E-state index contributed by atoms with van der Waals surface area (Å²) < 4.78 is 25.7. The molecule has 156 valence electrons. The van der Waals surface area contributed by atoms with Crippen LogP contribution in [0.2, 0.25) is 5.02 Å². The molecule has 5 nitrogen and oxygen atoms in total. The van der Waals surface area contributed by atoms with Crippen LogP contribution in [-0.2, 0) is 6.54 Å². The van der Waals surface area contributed by atoms with Crippen LogP contribution < -0.4 is 9.47 Å². The Kier molecular flexibility index (Phi) is 7.38. The number of piperazine rings is 1. The van der Waals surface area contributed by atoms with Crippen molar-refractivity contribution in [3.05, 3.63) is 56.8 Å². The van der Waals surface area contributed by atoms with Crippen LogP contribution in [0.4, 0.5) is 4.39 Å². The van der Waals surface area contributed by atoms with Crippen molar-refractivity contribution in [1.29, 1.82) is 0 Å². The smallest absolute Gasteiger partial charge is 0.254 e. The zero-order valence-corrected chi connectivity index (χ0v) is 18.7. The van der Waals surface area contributed by atoms with Gasteiger partial charge in [0.25, 0.3) is 5.91 Å². The van der Waals surface area contributed by atoms with Crippen LogP contribution in [0.15, 0.2) is 34.8 Å². The predicted octanol–water partition coefficient (Wildman–Crippen LogP) is 4.61. The lowest BCUT2D eigenvalue weighted by Crippen LogP contribution is -2.48. The molecule has 0 aliphatic carbocycles. The molecule has 0 N–H and O–H groups in total. The van der Waals surface area contributed by atoms with Crippen molar-refractivity contribution in [2.24, 2.45) is 0 Å². The summed E-state index contributed by atoms with van der Waals surface area (Å²) >= 11 is 9.59. The number of methoxy groups -OCH3 is 1. The summed E-state index contributed by atoms with van der Waals surface area (Å²) in [4.78, 5) is 16.9. The summed E-state index contributed by atoms with van der Waals surface area (Å²) in [6.45, 7) is 5.21. The van der Waals surface area contributed by atoms with E-state index in [1.165, 1.54) is 6.07 Å². The van der Waals surface area contributed by atoms with Crippen LogP contribution in [-0.4, -0.2) is 55.6 Å². The topological polar surface area (TPSA) is 42.0 Å². The highest BCUT2D eigenvalue weighted by Gasteiger charge is 2.25. The Morgan fingerprint density at radius 2 is 1.97 bits per heavy atom. The molecule has 1 amide bonds. The van der Waals surface area contributed by atoms with Gasteiger partial charge in [0.05, 0.1) is 18.2 Å². The molecular weight excluding hydrogens is 463 g/mol. The molecule has 1 aliphatic rings. The number of benzene rings is 2. The molecule has 0 saturated carbocycles. The van der Waals surface area contributed by atoms with Gasteiger partial charge in [0.15, 0.2) is 11.5 Å². The molecule has 1 aliphatic heterocycles. The summed E-state index contributed by atoms with van der Waals surface area (Å²) in [5.74, 6) is 0.716. The van der Waals surface area contributed by atoms with Gasteiger partial charge in [-0.05, 0) is 47.1 Å². The van der Waals surface area contributed by atoms with Gasteiger partial charge in [-0.3, -0.25) is 9.69 Å². The zero-order chi connectivity index (χ0) is 21.0. The summed E-state index contributed by atoms with van der Waals surface area (Å²) in [5.41, 5.74) is 1.02. The zero-order valence-electron chi connectivity index (χ0n) is 16.4. The maximum Gasteiger partial charge on any atom is 0.254 e. The Morgan fingerprint density at radius 1 is 1.24 bits per heavy atom. The maximum absolute atomic E-state index is 14.0. The van der Waals surface area contributed by atoms with Crippen LogP contribution in [0.5, 0.6) is 11.5 Å². The van der Waals surface area contributed by atoms with Gasteiger partial charge in [-0.15, -0.1) is 0 Å². The van der Waals surface area contributed by atoms with Crippen molar-refractivity contribution in [3.63, 3.8) is 0 Å². The van der Waals surface area contributed by atoms with Gasteiger partial charge in [0.2, 0.25) is 0 Å². The lowest BCUT2D eigenvalue weighted by Gasteiger charge is -2.35. The van der Waals surface area contributed by atoms with Gasteiger partial charge in [-0.25, -0.2) is 4.39 Å². The largest absolute Gasteiger partial charge is 0.493 e. The Hall–Kier alpha value is -1.83. The highest BCUT2D eigenvalue weighted by molar-refractivity contribution is 9.10. The molecule has 8 heteroatoms. The molecule has 1 heterocycles. The van der Waals surface area contributed by atoms with Gasteiger partial charge in [0.1, 0.15) is 5.82 Å². The van der Waals surface area contributed by atoms with E-state index in [9.17, 15) is 9.18 Å². The van der Waals surface area contributed by atoms with E-state index in [1.807, 2.05) is 6.92 Å². The standard InChI is InChI=1S/C21H23BrClFN2O3/c1-3-29-20-16(22)11-14(12-19(20)28-2)21(27)26-9-7-25(8-10-26)13-15-17(23)5-4-6-18(15)24/h4-6,11-12H,3,7-10,13H2,1-2H3. The normalized spacial score (nSPS) is 14.7. The van der Waals surface area contributed by atoms with Gasteiger partial charge >= 0.3 is 0 Å². The predicted molar refractivity (Wildman–Crippen MR) is 114 cm³/mol. The quantitative estimate of drug-likeness (QED) is 0.599. The first-order valence-corrected chi connectivity index (χ1v) is 10.6. The molecule has 0 spiro atoms. The number of amides is 1. The maximum atomic E-state index is 14.0. The van der Waals surface area contributed by atoms with E-state index in [0.717, 1.165) is 0 Å². The lowest BCUT2D eigenvalue weighted by atomic mass is 10.1. The molecule has 1 saturated heterocycles. The van der Waals surface area contributed by atoms with Crippen LogP contribution in [0.3, 0.4) is 0 Å². The fourth-order valence-electron chi connectivity index (χ4n) is 3.33. The van der Waals surface area contributed by atoms with Crippen molar-refractivity contribution >= 4 is 33.4 Å². The fourth-order valence-corrected chi connectivity index (χ4v) is 4.11. The molecule has 0 atom stereocenters. The number of nitrogens with zero attached hydrogens (tertiary/aromatic N) is 2. The molecule has 3 rings (SSSR count). The molecular formula is C21H23BrClFN2O3. The second-order valence-corrected chi connectivity index (χ2v) is 7.95. The monoisotopic (exact) mass is 484 g/mol. The third-order valence-corrected chi connectivity index (χ3v) is 5.81. The Balaban J connectivity index is 1.66. The fraction of sp³-hybridized carbons (Fsp3) is 0.381. The Labute approximate surface area is 183 Å². The molecule has 29 heavy (non-hydrogen) atoms. The van der Waals surface area contributed by atoms with Crippen molar-refractivity contribution in [2.45, 2.75) is 13.5 Å². The molecule has 0 bridgehead atoms. The highest BCUT2D eigenvalue weighted by Crippen LogP contribution is 2.37. The van der Waals surface area contributed by atoms with Gasteiger partial charge in [0, 0.05) is 48.9 Å². The average Bonchev–Trinajstić information content (AvgIpc) is 2.72. The Bertz CT molecular complexity index is 868. The third-order valence-electron chi connectivity index (χ3n) is 4.87. The number of hydrogen-bond donors (Lipinski definition) is 0. The van der Waals surface area contributed by atoms with E-state index in [2.05, 4.69) is 20.8 Å².